The lowest BCUT2D eigenvalue weighted by atomic mass is 9.85. The second-order valence-corrected chi connectivity index (χ2v) is 5.67. The van der Waals surface area contributed by atoms with Gasteiger partial charge in [0.2, 0.25) is 6.41 Å². The molecule has 0 spiro atoms. The second kappa shape index (κ2) is 6.70. The van der Waals surface area contributed by atoms with E-state index >= 15 is 0 Å². The van der Waals surface area contributed by atoms with Crippen molar-refractivity contribution in [3.05, 3.63) is 39.4 Å². The number of nitrogens with one attached hydrogen (secondary N) is 1. The van der Waals surface area contributed by atoms with Crippen LogP contribution in [0, 0.1) is 26.9 Å². The van der Waals surface area contributed by atoms with Crippen LogP contribution in [0.1, 0.15) is 26.3 Å². The maximum absolute atomic E-state index is 12.2. The number of hydrogen-bond donors (Lipinski definition) is 2. The molecule has 0 unspecified atom stereocenters. The summed E-state index contributed by atoms with van der Waals surface area (Å²) in [6.45, 7) is 4.68. The summed E-state index contributed by atoms with van der Waals surface area (Å²) in [4.78, 5) is 33.0. The Labute approximate surface area is 132 Å². The van der Waals surface area contributed by atoms with Gasteiger partial charge >= 0.3 is 0 Å². The third-order valence-corrected chi connectivity index (χ3v) is 2.93. The van der Waals surface area contributed by atoms with Crippen molar-refractivity contribution in [1.29, 1.82) is 5.26 Å². The van der Waals surface area contributed by atoms with Gasteiger partial charge in [-0.3, -0.25) is 19.7 Å². The number of benzene rings is 1. The summed E-state index contributed by atoms with van der Waals surface area (Å²) >= 11 is 0. The molecule has 8 nitrogen and oxygen atoms in total. The molecule has 1 amide bonds. The Morgan fingerprint density at radius 3 is 2.48 bits per heavy atom. The molecule has 0 saturated carbocycles. The molecule has 8 heteroatoms. The van der Waals surface area contributed by atoms with Crippen molar-refractivity contribution in [2.24, 2.45) is 5.41 Å². The van der Waals surface area contributed by atoms with E-state index in [4.69, 9.17) is 5.26 Å². The number of nitriles is 1. The number of anilines is 1. The van der Waals surface area contributed by atoms with E-state index in [2.05, 4.69) is 5.32 Å². The number of aliphatic hydroxyl groups is 1. The number of nitro benzene ring substituents is 1. The van der Waals surface area contributed by atoms with Gasteiger partial charge in [-0.2, -0.15) is 5.26 Å². The number of rotatable bonds is 5. The second-order valence-electron chi connectivity index (χ2n) is 5.67. The Balaban J connectivity index is 3.58. The first-order chi connectivity index (χ1) is 10.6. The van der Waals surface area contributed by atoms with Crippen molar-refractivity contribution in [2.45, 2.75) is 20.8 Å². The SMILES string of the molecule is CC(C)(C)C(=O)/C(C#N)=C(\O)c1ccc(NC=O)cc1[N+](=O)[O-]. The number of amides is 1. The number of Topliss-reactive ketones (excluding diaryl/α,β-unsaturated/α-hetero) is 1. The van der Waals surface area contributed by atoms with Gasteiger partial charge in [0.15, 0.2) is 11.5 Å². The van der Waals surface area contributed by atoms with Crippen LogP contribution in [0.5, 0.6) is 0 Å². The van der Waals surface area contributed by atoms with Crippen molar-refractivity contribution >= 4 is 29.3 Å². The summed E-state index contributed by atoms with van der Waals surface area (Å²) in [5.74, 6) is -1.40. The van der Waals surface area contributed by atoms with Crippen molar-refractivity contribution in [3.8, 4) is 6.07 Å². The number of carbonyl (C=O) groups is 2. The Kier molecular flexibility index (Phi) is 5.20. The minimum absolute atomic E-state index is 0.143. The van der Waals surface area contributed by atoms with E-state index in [0.717, 1.165) is 12.1 Å². The average Bonchev–Trinajstić information content (AvgIpc) is 2.47. The maximum Gasteiger partial charge on any atom is 0.282 e. The smallest absolute Gasteiger partial charge is 0.282 e. The lowest BCUT2D eigenvalue weighted by Gasteiger charge is -2.16. The molecule has 0 bridgehead atoms. The molecule has 0 aromatic heterocycles. The Morgan fingerprint density at radius 2 is 2.04 bits per heavy atom. The number of nitro groups is 1. The van der Waals surface area contributed by atoms with Crippen LogP contribution in [0.15, 0.2) is 23.8 Å². The molecule has 2 N–H and O–H groups in total. The quantitative estimate of drug-likeness (QED) is 0.214. The number of aliphatic hydroxyl groups excluding tert-OH is 1. The summed E-state index contributed by atoms with van der Waals surface area (Å²) in [5, 5.41) is 32.7. The van der Waals surface area contributed by atoms with E-state index in [1.165, 1.54) is 6.07 Å². The van der Waals surface area contributed by atoms with Crippen LogP contribution in [-0.2, 0) is 9.59 Å². The third kappa shape index (κ3) is 3.91. The zero-order valence-electron chi connectivity index (χ0n) is 12.8. The van der Waals surface area contributed by atoms with Crippen LogP contribution < -0.4 is 5.32 Å². The number of carbonyl (C=O) groups excluding carboxylic acids is 2. The molecule has 1 aromatic carbocycles. The number of allylic oxidation sites excluding steroid dienone is 1. The Morgan fingerprint density at radius 1 is 1.43 bits per heavy atom. The molecule has 0 aliphatic heterocycles. The maximum atomic E-state index is 12.2. The minimum atomic E-state index is -0.938. The molecule has 1 rings (SSSR count). The van der Waals surface area contributed by atoms with Crippen LogP contribution in [0.3, 0.4) is 0 Å². The standard InChI is InChI=1S/C15H15N3O5/c1-15(2,3)14(21)11(7-16)13(20)10-5-4-9(17-8-19)6-12(10)18(22)23/h4-6,8,20H,1-3H3,(H,17,19)/b13-11-. The van der Waals surface area contributed by atoms with Gasteiger partial charge in [0.05, 0.1) is 10.5 Å². The fraction of sp³-hybridized carbons (Fsp3) is 0.267. The first kappa shape index (κ1) is 17.8. The Hall–Kier alpha value is -3.21. The van der Waals surface area contributed by atoms with Gasteiger partial charge in [0.1, 0.15) is 11.6 Å². The third-order valence-electron chi connectivity index (χ3n) is 2.93. The Bertz CT molecular complexity index is 738. The van der Waals surface area contributed by atoms with Gasteiger partial charge in [-0.1, -0.05) is 20.8 Å². The lowest BCUT2D eigenvalue weighted by Crippen LogP contribution is -2.22. The van der Waals surface area contributed by atoms with E-state index < -0.39 is 33.1 Å². The van der Waals surface area contributed by atoms with Gasteiger partial charge in [0.25, 0.3) is 5.69 Å². The minimum Gasteiger partial charge on any atom is -0.506 e. The van der Waals surface area contributed by atoms with E-state index in [9.17, 15) is 24.8 Å². The van der Waals surface area contributed by atoms with Crippen LogP contribution >= 0.6 is 0 Å². The molecule has 0 radical (unpaired) electrons. The van der Waals surface area contributed by atoms with Crippen molar-refractivity contribution in [1.82, 2.24) is 0 Å². The molecule has 120 valence electrons. The first-order valence-corrected chi connectivity index (χ1v) is 6.50. The highest BCUT2D eigenvalue weighted by atomic mass is 16.6. The fourth-order valence-corrected chi connectivity index (χ4v) is 1.76. The van der Waals surface area contributed by atoms with E-state index in [1.54, 1.807) is 26.8 Å². The molecule has 0 saturated heterocycles. The summed E-state index contributed by atoms with van der Waals surface area (Å²) in [5.41, 5.74) is -2.17. The highest BCUT2D eigenvalue weighted by molar-refractivity contribution is 6.08. The molecule has 0 heterocycles. The van der Waals surface area contributed by atoms with Gasteiger partial charge < -0.3 is 10.4 Å². The molecule has 1 aromatic rings. The molecular formula is C15H15N3O5. The normalized spacial score (nSPS) is 11.9. The van der Waals surface area contributed by atoms with E-state index in [0.29, 0.717) is 6.41 Å². The van der Waals surface area contributed by atoms with Crippen molar-refractivity contribution in [3.63, 3.8) is 0 Å². The predicted molar refractivity (Wildman–Crippen MR) is 82.4 cm³/mol. The number of nitrogens with zero attached hydrogens (tertiary/aromatic N) is 2. The molecule has 0 fully saturated rings. The highest BCUT2D eigenvalue weighted by Gasteiger charge is 2.30. The molecule has 0 atom stereocenters. The van der Waals surface area contributed by atoms with Gasteiger partial charge in [0, 0.05) is 17.2 Å². The van der Waals surface area contributed by atoms with Gasteiger partial charge in [-0.25, -0.2) is 0 Å². The number of hydrogen-bond acceptors (Lipinski definition) is 6. The highest BCUT2D eigenvalue weighted by Crippen LogP contribution is 2.31. The van der Waals surface area contributed by atoms with E-state index in [1.807, 2.05) is 0 Å². The van der Waals surface area contributed by atoms with Crippen molar-refractivity contribution in [2.75, 3.05) is 5.32 Å². The van der Waals surface area contributed by atoms with Crippen LogP contribution in [0.25, 0.3) is 5.76 Å². The summed E-state index contributed by atoms with van der Waals surface area (Å²) in [7, 11) is 0. The zero-order chi connectivity index (χ0) is 17.8. The molecule has 23 heavy (non-hydrogen) atoms. The van der Waals surface area contributed by atoms with Crippen molar-refractivity contribution < 1.29 is 19.6 Å². The molecular weight excluding hydrogens is 302 g/mol. The van der Waals surface area contributed by atoms with Crippen LogP contribution in [0.4, 0.5) is 11.4 Å². The first-order valence-electron chi connectivity index (χ1n) is 6.50. The summed E-state index contributed by atoms with van der Waals surface area (Å²) in [6, 6.07) is 5.09. The number of ketones is 1. The van der Waals surface area contributed by atoms with E-state index in [-0.39, 0.29) is 11.3 Å². The predicted octanol–water partition coefficient (Wildman–Crippen LogP) is 2.57. The summed E-state index contributed by atoms with van der Waals surface area (Å²) in [6.07, 6.45) is 0.346. The topological polar surface area (TPSA) is 133 Å². The van der Waals surface area contributed by atoms with Crippen LogP contribution in [-0.4, -0.2) is 22.2 Å². The summed E-state index contributed by atoms with van der Waals surface area (Å²) < 4.78 is 0. The largest absolute Gasteiger partial charge is 0.506 e. The molecule has 0 aliphatic carbocycles. The van der Waals surface area contributed by atoms with Gasteiger partial charge in [-0.05, 0) is 12.1 Å². The zero-order valence-corrected chi connectivity index (χ0v) is 12.8. The van der Waals surface area contributed by atoms with Gasteiger partial charge in [-0.15, -0.1) is 0 Å². The van der Waals surface area contributed by atoms with Crippen LogP contribution in [0.2, 0.25) is 0 Å². The monoisotopic (exact) mass is 317 g/mol. The molecule has 0 aliphatic rings. The fourth-order valence-electron chi connectivity index (χ4n) is 1.76. The lowest BCUT2D eigenvalue weighted by molar-refractivity contribution is -0.385. The average molecular weight is 317 g/mol.